The van der Waals surface area contributed by atoms with Gasteiger partial charge in [-0.25, -0.2) is 0 Å². The van der Waals surface area contributed by atoms with Crippen LogP contribution >= 0.6 is 11.3 Å². The van der Waals surface area contributed by atoms with E-state index in [0.717, 1.165) is 27.1 Å². The topological polar surface area (TPSA) is 94.1 Å². The van der Waals surface area contributed by atoms with E-state index in [1.54, 1.807) is 18.8 Å². The third-order valence-electron chi connectivity index (χ3n) is 5.80. The number of ether oxygens (including phenoxy) is 2. The van der Waals surface area contributed by atoms with Gasteiger partial charge in [0.1, 0.15) is 18.5 Å². The summed E-state index contributed by atoms with van der Waals surface area (Å²) in [6.07, 6.45) is 1.37. The molecule has 0 aliphatic rings. The first-order valence-corrected chi connectivity index (χ1v) is 12.1. The van der Waals surface area contributed by atoms with Crippen LogP contribution in [0.5, 0.6) is 5.75 Å². The van der Waals surface area contributed by atoms with Gasteiger partial charge >= 0.3 is 0 Å². The number of rotatable bonds is 8. The summed E-state index contributed by atoms with van der Waals surface area (Å²) in [5.41, 5.74) is 6.97. The van der Waals surface area contributed by atoms with Crippen molar-refractivity contribution in [1.82, 2.24) is 15.1 Å². The highest BCUT2D eigenvalue weighted by Crippen LogP contribution is 2.35. The van der Waals surface area contributed by atoms with Crippen LogP contribution in [0.1, 0.15) is 33.5 Å². The molecule has 36 heavy (non-hydrogen) atoms. The Morgan fingerprint density at radius 2 is 1.83 bits per heavy atom. The average molecular weight is 495 g/mol. The number of para-hydroxylation sites is 1. The Morgan fingerprint density at radius 1 is 1.03 bits per heavy atom. The minimum Gasteiger partial charge on any atom is -0.496 e. The fraction of sp³-hybridized carbons (Fsp3) is 0.143. The Hall–Kier alpha value is -4.32. The Labute approximate surface area is 212 Å². The van der Waals surface area contributed by atoms with E-state index < -0.39 is 6.10 Å². The van der Waals surface area contributed by atoms with Crippen LogP contribution in [0.4, 0.5) is 0 Å². The van der Waals surface area contributed by atoms with Crippen LogP contribution in [0.2, 0.25) is 0 Å². The smallest absolute Gasteiger partial charge is 0.261 e. The van der Waals surface area contributed by atoms with Gasteiger partial charge < -0.3 is 14.0 Å². The first-order valence-electron chi connectivity index (χ1n) is 11.2. The van der Waals surface area contributed by atoms with Crippen LogP contribution in [0.15, 0.2) is 83.0 Å². The monoisotopic (exact) mass is 494 g/mol. The number of nitrogens with zero attached hydrogens (tertiary/aromatic N) is 4. The molecule has 2 heterocycles. The standard InChI is InChI=1S/C28H22N4O3S/c1-18-7-3-4-8-21(18)23-13-19(11-12-20(23)14-29)27(25-15-30-17-36-25)34-16-26-31-28(35-32-26)22-9-5-6-10-24(22)33-2/h3-13,15,17,27H,16H2,1-2H3. The highest BCUT2D eigenvalue weighted by molar-refractivity contribution is 7.09. The molecule has 8 heteroatoms. The maximum atomic E-state index is 9.74. The fourth-order valence-electron chi connectivity index (χ4n) is 4.02. The minimum absolute atomic E-state index is 0.126. The van der Waals surface area contributed by atoms with Crippen molar-refractivity contribution >= 4 is 11.3 Å². The van der Waals surface area contributed by atoms with Crippen LogP contribution < -0.4 is 4.74 Å². The summed E-state index contributed by atoms with van der Waals surface area (Å²) in [6.45, 7) is 2.16. The van der Waals surface area contributed by atoms with E-state index in [9.17, 15) is 5.26 Å². The third kappa shape index (κ3) is 4.75. The number of nitriles is 1. The van der Waals surface area contributed by atoms with E-state index in [-0.39, 0.29) is 6.61 Å². The molecule has 0 aliphatic heterocycles. The number of aromatic nitrogens is 3. The summed E-state index contributed by atoms with van der Waals surface area (Å²) in [7, 11) is 1.60. The molecular formula is C28H22N4O3S. The molecule has 0 N–H and O–H groups in total. The molecule has 3 aromatic carbocycles. The van der Waals surface area contributed by atoms with Crippen molar-refractivity contribution in [3.63, 3.8) is 0 Å². The highest BCUT2D eigenvalue weighted by atomic mass is 32.1. The van der Waals surface area contributed by atoms with Crippen LogP contribution in [0.3, 0.4) is 0 Å². The number of methoxy groups -OCH3 is 1. The normalized spacial score (nSPS) is 11.7. The number of hydrogen-bond donors (Lipinski definition) is 0. The largest absolute Gasteiger partial charge is 0.496 e. The van der Waals surface area contributed by atoms with Gasteiger partial charge in [0.25, 0.3) is 5.89 Å². The van der Waals surface area contributed by atoms with E-state index in [1.165, 1.54) is 11.3 Å². The summed E-state index contributed by atoms with van der Waals surface area (Å²) in [6, 6.07) is 23.6. The lowest BCUT2D eigenvalue weighted by Gasteiger charge is -2.18. The van der Waals surface area contributed by atoms with E-state index in [0.29, 0.717) is 28.6 Å². The molecule has 2 aromatic heterocycles. The third-order valence-corrected chi connectivity index (χ3v) is 6.62. The van der Waals surface area contributed by atoms with Crippen LogP contribution in [-0.4, -0.2) is 22.2 Å². The molecule has 1 unspecified atom stereocenters. The lowest BCUT2D eigenvalue weighted by atomic mass is 9.93. The van der Waals surface area contributed by atoms with Gasteiger partial charge in [-0.1, -0.05) is 47.6 Å². The highest BCUT2D eigenvalue weighted by Gasteiger charge is 2.21. The van der Waals surface area contributed by atoms with Crippen LogP contribution in [0.25, 0.3) is 22.6 Å². The second-order valence-electron chi connectivity index (χ2n) is 8.04. The zero-order valence-corrected chi connectivity index (χ0v) is 20.5. The second kappa shape index (κ2) is 10.5. The van der Waals surface area contributed by atoms with Crippen molar-refractivity contribution < 1.29 is 14.0 Å². The first-order chi connectivity index (χ1) is 17.7. The van der Waals surface area contributed by atoms with Crippen molar-refractivity contribution in [3.8, 4) is 34.4 Å². The summed E-state index contributed by atoms with van der Waals surface area (Å²) < 4.78 is 17.2. The number of hydrogen-bond acceptors (Lipinski definition) is 8. The Bertz CT molecular complexity index is 1520. The van der Waals surface area contributed by atoms with E-state index >= 15 is 0 Å². The van der Waals surface area contributed by atoms with Gasteiger partial charge in [0.05, 0.1) is 34.7 Å². The molecule has 178 valence electrons. The van der Waals surface area contributed by atoms with Crippen LogP contribution in [-0.2, 0) is 11.3 Å². The zero-order chi connectivity index (χ0) is 24.9. The van der Waals surface area contributed by atoms with E-state index in [2.05, 4.69) is 21.2 Å². The van der Waals surface area contributed by atoms with Gasteiger partial charge in [-0.15, -0.1) is 11.3 Å². The molecular weight excluding hydrogens is 472 g/mol. The Morgan fingerprint density at radius 3 is 2.58 bits per heavy atom. The quantitative estimate of drug-likeness (QED) is 0.248. The van der Waals surface area contributed by atoms with Crippen molar-refractivity contribution in [2.45, 2.75) is 19.6 Å². The Kier molecular flexibility index (Phi) is 6.85. The molecule has 0 bridgehead atoms. The summed E-state index contributed by atoms with van der Waals surface area (Å²) in [4.78, 5) is 9.67. The molecule has 7 nitrogen and oxygen atoms in total. The summed E-state index contributed by atoms with van der Waals surface area (Å²) >= 11 is 1.50. The van der Waals surface area contributed by atoms with E-state index in [1.807, 2.05) is 73.7 Å². The predicted molar refractivity (Wildman–Crippen MR) is 136 cm³/mol. The lowest BCUT2D eigenvalue weighted by molar-refractivity contribution is 0.0631. The molecule has 0 radical (unpaired) electrons. The van der Waals surface area contributed by atoms with Gasteiger partial charge in [-0.2, -0.15) is 10.2 Å². The lowest BCUT2D eigenvalue weighted by Crippen LogP contribution is -2.07. The predicted octanol–water partition coefficient (Wildman–Crippen LogP) is 6.36. The fourth-order valence-corrected chi connectivity index (χ4v) is 4.71. The SMILES string of the molecule is COc1ccccc1-c1nc(COC(c2ccc(C#N)c(-c3ccccc3C)c2)c2cncs2)no1. The van der Waals surface area contributed by atoms with Gasteiger partial charge in [-0.05, 0) is 47.9 Å². The zero-order valence-electron chi connectivity index (χ0n) is 19.7. The second-order valence-corrected chi connectivity index (χ2v) is 8.96. The Balaban J connectivity index is 1.45. The molecule has 5 rings (SSSR count). The van der Waals surface area contributed by atoms with Gasteiger partial charge in [0.2, 0.25) is 0 Å². The number of thiazole rings is 1. The molecule has 0 aliphatic carbocycles. The van der Waals surface area contributed by atoms with Gasteiger partial charge in [-0.3, -0.25) is 4.98 Å². The molecule has 0 amide bonds. The minimum atomic E-state index is -0.416. The average Bonchev–Trinajstić information content (AvgIpc) is 3.62. The summed E-state index contributed by atoms with van der Waals surface area (Å²) in [5.74, 6) is 1.43. The summed E-state index contributed by atoms with van der Waals surface area (Å²) in [5, 5.41) is 13.8. The maximum absolute atomic E-state index is 9.74. The van der Waals surface area contributed by atoms with Crippen molar-refractivity contribution in [2.24, 2.45) is 0 Å². The van der Waals surface area contributed by atoms with E-state index in [4.69, 9.17) is 14.0 Å². The molecule has 5 aromatic rings. The van der Waals surface area contributed by atoms with Crippen LogP contribution in [0, 0.1) is 18.3 Å². The van der Waals surface area contributed by atoms with Crippen molar-refractivity contribution in [1.29, 1.82) is 5.26 Å². The molecule has 0 saturated heterocycles. The van der Waals surface area contributed by atoms with Crippen molar-refractivity contribution in [3.05, 3.63) is 106 Å². The molecule has 0 fully saturated rings. The van der Waals surface area contributed by atoms with Gasteiger partial charge in [0.15, 0.2) is 5.82 Å². The first kappa shape index (κ1) is 23.4. The number of benzene rings is 3. The van der Waals surface area contributed by atoms with Gasteiger partial charge in [0, 0.05) is 11.8 Å². The molecule has 0 saturated carbocycles. The van der Waals surface area contributed by atoms with Crippen molar-refractivity contribution in [2.75, 3.05) is 7.11 Å². The molecule has 0 spiro atoms. The number of aryl methyl sites for hydroxylation is 1. The maximum Gasteiger partial charge on any atom is 0.261 e. The molecule has 1 atom stereocenters.